The van der Waals surface area contributed by atoms with Crippen LogP contribution in [0.2, 0.25) is 0 Å². The molecule has 0 aliphatic carbocycles. The van der Waals surface area contributed by atoms with Gasteiger partial charge in [-0.1, -0.05) is 42.5 Å². The smallest absolute Gasteiger partial charge is 0.0121 e. The van der Waals surface area contributed by atoms with Crippen molar-refractivity contribution in [1.29, 1.82) is 0 Å². The topological polar surface area (TPSA) is 0 Å². The van der Waals surface area contributed by atoms with Gasteiger partial charge in [0.05, 0.1) is 0 Å². The van der Waals surface area contributed by atoms with Crippen molar-refractivity contribution in [3.8, 4) is 0 Å². The summed E-state index contributed by atoms with van der Waals surface area (Å²) in [5.74, 6) is 0. The summed E-state index contributed by atoms with van der Waals surface area (Å²) in [5.41, 5.74) is 0. The number of rotatable bonds is 0. The van der Waals surface area contributed by atoms with Crippen molar-refractivity contribution in [2.75, 3.05) is 4.93 Å². The molecular formula is C6H15I. The Morgan fingerprint density at radius 3 is 1.29 bits per heavy atom. The molecule has 0 aromatic carbocycles. The van der Waals surface area contributed by atoms with E-state index in [0.717, 1.165) is 0 Å². The SMILES string of the molecule is C=CC.CC.CI. The molecular weight excluding hydrogens is 199 g/mol. The van der Waals surface area contributed by atoms with E-state index in [4.69, 9.17) is 0 Å². The first-order valence-corrected chi connectivity index (χ1v) is 4.52. The fraction of sp³-hybridized carbons (Fsp3) is 0.667. The normalized spacial score (nSPS) is 3.57. The fourth-order valence-corrected chi connectivity index (χ4v) is 0. The lowest BCUT2D eigenvalue weighted by molar-refractivity contribution is 1.50. The van der Waals surface area contributed by atoms with E-state index < -0.39 is 0 Å². The molecule has 46 valence electrons. The predicted molar refractivity (Wildman–Crippen MR) is 47.2 cm³/mol. The number of halogens is 1. The monoisotopic (exact) mass is 214 g/mol. The maximum absolute atomic E-state index is 3.36. The van der Waals surface area contributed by atoms with Crippen LogP contribution in [0.4, 0.5) is 0 Å². The van der Waals surface area contributed by atoms with Gasteiger partial charge in [0.1, 0.15) is 0 Å². The Kier molecular flexibility index (Phi) is 200. The minimum absolute atomic E-state index is 1.75. The van der Waals surface area contributed by atoms with Crippen molar-refractivity contribution in [2.24, 2.45) is 0 Å². The second-order valence-electron chi connectivity index (χ2n) is 0.408. The average Bonchev–Trinajstić information content (AvgIpc) is 1.78. The molecule has 0 aliphatic heterocycles. The van der Waals surface area contributed by atoms with Gasteiger partial charge in [0.25, 0.3) is 0 Å². The fourth-order valence-electron chi connectivity index (χ4n) is 0. The van der Waals surface area contributed by atoms with E-state index in [-0.39, 0.29) is 0 Å². The Morgan fingerprint density at radius 1 is 1.29 bits per heavy atom. The van der Waals surface area contributed by atoms with Gasteiger partial charge in [-0.2, -0.15) is 0 Å². The Hall–Kier alpha value is 0.470. The summed E-state index contributed by atoms with van der Waals surface area (Å²) in [6, 6.07) is 0. The van der Waals surface area contributed by atoms with E-state index >= 15 is 0 Å². The Labute approximate surface area is 61.1 Å². The van der Waals surface area contributed by atoms with Crippen LogP contribution < -0.4 is 0 Å². The average molecular weight is 214 g/mol. The number of alkyl halides is 1. The zero-order valence-corrected chi connectivity index (χ0v) is 7.82. The number of hydrogen-bond donors (Lipinski definition) is 0. The first kappa shape index (κ1) is 15.6. The highest BCUT2D eigenvalue weighted by molar-refractivity contribution is 14.1. The van der Waals surface area contributed by atoms with Crippen molar-refractivity contribution in [3.63, 3.8) is 0 Å². The number of allylic oxidation sites excluding steroid dienone is 1. The quantitative estimate of drug-likeness (QED) is 0.330. The molecule has 0 aliphatic rings. The van der Waals surface area contributed by atoms with Crippen molar-refractivity contribution in [3.05, 3.63) is 12.7 Å². The molecule has 0 unspecified atom stereocenters. The Balaban J connectivity index is -0.0000000360. The molecule has 0 N–H and O–H groups in total. The maximum atomic E-state index is 3.36. The van der Waals surface area contributed by atoms with Crippen LogP contribution in [0.15, 0.2) is 12.7 Å². The highest BCUT2D eigenvalue weighted by Gasteiger charge is 1.15. The van der Waals surface area contributed by atoms with Gasteiger partial charge in [0.15, 0.2) is 0 Å². The summed E-state index contributed by atoms with van der Waals surface area (Å²) in [5, 5.41) is 0. The summed E-state index contributed by atoms with van der Waals surface area (Å²) in [7, 11) is 0. The lowest BCUT2D eigenvalue weighted by Gasteiger charge is -1.31. The largest absolute Gasteiger partial charge is 0.103 e. The molecule has 0 radical (unpaired) electrons. The van der Waals surface area contributed by atoms with Gasteiger partial charge in [0.2, 0.25) is 0 Å². The standard InChI is InChI=1S/C3H6.C2H6.CH3I/c1-3-2;2*1-2/h3H,1H2,2H3;1-2H3;1H3. The molecule has 0 saturated heterocycles. The van der Waals surface area contributed by atoms with Crippen molar-refractivity contribution in [1.82, 2.24) is 0 Å². The van der Waals surface area contributed by atoms with Crippen molar-refractivity contribution >= 4 is 22.6 Å². The second kappa shape index (κ2) is 89.6. The Bertz CT molecular complexity index is 11.7. The van der Waals surface area contributed by atoms with Crippen LogP contribution in [0.1, 0.15) is 20.8 Å². The minimum Gasteiger partial charge on any atom is -0.103 e. The van der Waals surface area contributed by atoms with Crippen molar-refractivity contribution < 1.29 is 0 Å². The summed E-state index contributed by atoms with van der Waals surface area (Å²) in [6.07, 6.45) is 1.75. The van der Waals surface area contributed by atoms with Crippen LogP contribution in [0.25, 0.3) is 0 Å². The van der Waals surface area contributed by atoms with Gasteiger partial charge in [0, 0.05) is 0 Å². The van der Waals surface area contributed by atoms with Gasteiger partial charge in [-0.25, -0.2) is 0 Å². The third-order valence-electron chi connectivity index (χ3n) is 0. The summed E-state index contributed by atoms with van der Waals surface area (Å²) < 4.78 is 0. The van der Waals surface area contributed by atoms with Crippen LogP contribution in [0.5, 0.6) is 0 Å². The molecule has 7 heavy (non-hydrogen) atoms. The number of hydrogen-bond acceptors (Lipinski definition) is 0. The van der Waals surface area contributed by atoms with Crippen molar-refractivity contribution in [2.45, 2.75) is 20.8 Å². The third-order valence-corrected chi connectivity index (χ3v) is 0. The van der Waals surface area contributed by atoms with Gasteiger partial charge < -0.3 is 0 Å². The van der Waals surface area contributed by atoms with Crippen LogP contribution in [-0.2, 0) is 0 Å². The molecule has 0 nitrogen and oxygen atoms in total. The summed E-state index contributed by atoms with van der Waals surface area (Å²) in [4.78, 5) is 1.97. The lowest BCUT2D eigenvalue weighted by atomic mass is 10.8. The summed E-state index contributed by atoms with van der Waals surface area (Å²) in [6.45, 7) is 9.25. The molecule has 0 atom stereocenters. The molecule has 1 heteroatoms. The van der Waals surface area contributed by atoms with Gasteiger partial charge in [-0.3, -0.25) is 0 Å². The van der Waals surface area contributed by atoms with Gasteiger partial charge in [-0.15, -0.1) is 6.58 Å². The van der Waals surface area contributed by atoms with E-state index in [1.165, 1.54) is 0 Å². The maximum Gasteiger partial charge on any atom is -0.0121 e. The van der Waals surface area contributed by atoms with Crippen LogP contribution in [0.3, 0.4) is 0 Å². The highest BCUT2D eigenvalue weighted by atomic mass is 127. The first-order valence-electron chi connectivity index (χ1n) is 2.36. The molecule has 0 fully saturated rings. The minimum atomic E-state index is 1.75. The predicted octanol–water partition coefficient (Wildman–Crippen LogP) is 3.27. The molecule has 0 bridgehead atoms. The van der Waals surface area contributed by atoms with Crippen LogP contribution in [-0.4, -0.2) is 4.93 Å². The van der Waals surface area contributed by atoms with E-state index in [2.05, 4.69) is 29.2 Å². The molecule has 0 aromatic rings. The molecule has 0 spiro atoms. The van der Waals surface area contributed by atoms with E-state index in [9.17, 15) is 0 Å². The molecule has 0 aromatic heterocycles. The van der Waals surface area contributed by atoms with E-state index in [1.54, 1.807) is 6.08 Å². The summed E-state index contributed by atoms with van der Waals surface area (Å²) >= 11 is 2.15. The molecule has 0 rings (SSSR count). The highest BCUT2D eigenvalue weighted by Crippen LogP contribution is 1.48. The zero-order chi connectivity index (χ0) is 6.71. The van der Waals surface area contributed by atoms with Gasteiger partial charge in [-0.05, 0) is 11.9 Å². The molecule has 0 amide bonds. The third kappa shape index (κ3) is 585. The van der Waals surface area contributed by atoms with Crippen LogP contribution in [0, 0.1) is 0 Å². The molecule has 0 heterocycles. The van der Waals surface area contributed by atoms with Gasteiger partial charge >= 0.3 is 0 Å². The molecule has 0 saturated carbocycles. The van der Waals surface area contributed by atoms with E-state index in [1.807, 2.05) is 25.7 Å². The Morgan fingerprint density at radius 2 is 1.29 bits per heavy atom. The lowest BCUT2D eigenvalue weighted by Crippen LogP contribution is -1.07. The zero-order valence-electron chi connectivity index (χ0n) is 5.66. The van der Waals surface area contributed by atoms with Crippen LogP contribution >= 0.6 is 22.6 Å². The van der Waals surface area contributed by atoms with E-state index in [0.29, 0.717) is 0 Å². The second-order valence-corrected chi connectivity index (χ2v) is 0.408. The first-order chi connectivity index (χ1) is 3.41.